The van der Waals surface area contributed by atoms with Gasteiger partial charge in [0, 0.05) is 5.92 Å². The molecule has 76 valence electrons. The summed E-state index contributed by atoms with van der Waals surface area (Å²) in [6.45, 7) is 5.87. The van der Waals surface area contributed by atoms with Crippen LogP contribution in [0, 0.1) is 5.92 Å². The van der Waals surface area contributed by atoms with E-state index in [1.165, 1.54) is 0 Å². The van der Waals surface area contributed by atoms with Gasteiger partial charge in [0.1, 0.15) is 6.10 Å². The van der Waals surface area contributed by atoms with E-state index in [9.17, 15) is 10.2 Å². The van der Waals surface area contributed by atoms with Crippen molar-refractivity contribution in [3.05, 3.63) is 0 Å². The average molecular weight is 186 g/mol. The molecule has 2 unspecified atom stereocenters. The van der Waals surface area contributed by atoms with Crippen molar-refractivity contribution in [2.45, 2.75) is 57.0 Å². The molecule has 0 radical (unpaired) electrons. The maximum absolute atomic E-state index is 9.84. The molecule has 2 saturated heterocycles. The lowest BCUT2D eigenvalue weighted by Gasteiger charge is -2.58. The van der Waals surface area contributed by atoms with E-state index < -0.39 is 17.8 Å². The Bertz CT molecular complexity index is 226. The molecule has 3 heteroatoms. The summed E-state index contributed by atoms with van der Waals surface area (Å²) in [5.41, 5.74) is -0.844. The molecule has 3 nitrogen and oxygen atoms in total. The molecule has 0 amide bonds. The fraction of sp³-hybridized carbons (Fsp3) is 1.00. The minimum absolute atomic E-state index is 0.0734. The van der Waals surface area contributed by atoms with E-state index in [4.69, 9.17) is 4.74 Å². The summed E-state index contributed by atoms with van der Waals surface area (Å²) in [6.07, 6.45) is 0.447. The van der Waals surface area contributed by atoms with Gasteiger partial charge in [-0.15, -0.1) is 0 Å². The number of rotatable bonds is 0. The molecule has 2 aliphatic heterocycles. The third-order valence-corrected chi connectivity index (χ3v) is 3.70. The molecule has 0 spiro atoms. The van der Waals surface area contributed by atoms with E-state index in [0.717, 1.165) is 12.8 Å². The standard InChI is InChI=1S/C10H18O3/c1-9(2)6-4-5-10(3,13-9)8(12)7(6)11/h6-8,11-12H,4-5H2,1-3H3/t6?,7-,8-,10?/m0/s1. The van der Waals surface area contributed by atoms with Gasteiger partial charge in [0.25, 0.3) is 0 Å². The number of fused-ring (bicyclic) bond motifs is 3. The fourth-order valence-corrected chi connectivity index (χ4v) is 2.89. The van der Waals surface area contributed by atoms with E-state index in [-0.39, 0.29) is 11.5 Å². The van der Waals surface area contributed by atoms with Crippen LogP contribution >= 0.6 is 0 Å². The highest BCUT2D eigenvalue weighted by molar-refractivity contribution is 5.07. The fourth-order valence-electron chi connectivity index (χ4n) is 2.89. The van der Waals surface area contributed by atoms with E-state index in [1.54, 1.807) is 0 Å². The van der Waals surface area contributed by atoms with Gasteiger partial charge < -0.3 is 14.9 Å². The average Bonchev–Trinajstić information content (AvgIpc) is 1.97. The second-order valence-corrected chi connectivity index (χ2v) is 5.10. The molecule has 1 saturated carbocycles. The predicted octanol–water partition coefficient (Wildman–Crippen LogP) is 0.686. The Balaban J connectivity index is 2.34. The van der Waals surface area contributed by atoms with Gasteiger partial charge in [-0.1, -0.05) is 0 Å². The SMILES string of the molecule is CC1(C)OC2(C)CCC1[C@H](O)[C@@H]2O. The Morgan fingerprint density at radius 3 is 2.31 bits per heavy atom. The lowest BCUT2D eigenvalue weighted by Crippen LogP contribution is -2.68. The number of hydrogen-bond acceptors (Lipinski definition) is 3. The summed E-state index contributed by atoms with van der Waals surface area (Å²) < 4.78 is 5.83. The van der Waals surface area contributed by atoms with Crippen LogP contribution in [-0.4, -0.2) is 33.6 Å². The van der Waals surface area contributed by atoms with Gasteiger partial charge in [0.2, 0.25) is 0 Å². The maximum Gasteiger partial charge on any atom is 0.109 e. The van der Waals surface area contributed by atoms with Crippen LogP contribution in [0.25, 0.3) is 0 Å². The van der Waals surface area contributed by atoms with Crippen molar-refractivity contribution in [1.82, 2.24) is 0 Å². The van der Waals surface area contributed by atoms with E-state index in [0.29, 0.717) is 0 Å². The molecule has 3 aliphatic rings. The van der Waals surface area contributed by atoms with Crippen molar-refractivity contribution >= 4 is 0 Å². The Morgan fingerprint density at radius 1 is 1.23 bits per heavy atom. The molecule has 0 aromatic carbocycles. The highest BCUT2D eigenvalue weighted by Gasteiger charge is 2.58. The van der Waals surface area contributed by atoms with Crippen molar-refractivity contribution in [2.75, 3.05) is 0 Å². The number of aliphatic hydroxyl groups excluding tert-OH is 2. The molecule has 13 heavy (non-hydrogen) atoms. The molecule has 2 heterocycles. The third-order valence-electron chi connectivity index (χ3n) is 3.70. The molecule has 0 aromatic heterocycles. The van der Waals surface area contributed by atoms with Crippen molar-refractivity contribution < 1.29 is 14.9 Å². The van der Waals surface area contributed by atoms with Crippen LogP contribution in [0.15, 0.2) is 0 Å². The van der Waals surface area contributed by atoms with Gasteiger partial charge in [0.15, 0.2) is 0 Å². The highest BCUT2D eigenvalue weighted by atomic mass is 16.5. The zero-order valence-electron chi connectivity index (χ0n) is 8.45. The van der Waals surface area contributed by atoms with Crippen molar-refractivity contribution in [3.63, 3.8) is 0 Å². The molecule has 2 N–H and O–H groups in total. The lowest BCUT2D eigenvalue weighted by molar-refractivity contribution is -0.309. The second-order valence-electron chi connectivity index (χ2n) is 5.10. The summed E-state index contributed by atoms with van der Waals surface area (Å²) in [6, 6.07) is 0. The minimum Gasteiger partial charge on any atom is -0.390 e. The molecule has 1 aliphatic carbocycles. The predicted molar refractivity (Wildman–Crippen MR) is 48.3 cm³/mol. The Kier molecular flexibility index (Phi) is 1.79. The van der Waals surface area contributed by atoms with E-state index >= 15 is 0 Å². The first-order valence-corrected chi connectivity index (χ1v) is 4.93. The molecule has 3 rings (SSSR count). The number of aliphatic hydroxyl groups is 2. The van der Waals surface area contributed by atoms with Gasteiger partial charge in [-0.3, -0.25) is 0 Å². The van der Waals surface area contributed by atoms with Gasteiger partial charge >= 0.3 is 0 Å². The van der Waals surface area contributed by atoms with Gasteiger partial charge in [-0.25, -0.2) is 0 Å². The van der Waals surface area contributed by atoms with Crippen LogP contribution in [0.3, 0.4) is 0 Å². The molecule has 2 bridgehead atoms. The Morgan fingerprint density at radius 2 is 1.85 bits per heavy atom. The molecular weight excluding hydrogens is 168 g/mol. The lowest BCUT2D eigenvalue weighted by atomic mass is 9.65. The Hall–Kier alpha value is -0.120. The summed E-state index contributed by atoms with van der Waals surface area (Å²) in [5, 5.41) is 19.6. The molecular formula is C10H18O3. The normalized spacial score (nSPS) is 53.8. The molecule has 4 atom stereocenters. The summed E-state index contributed by atoms with van der Waals surface area (Å²) >= 11 is 0. The van der Waals surface area contributed by atoms with Crippen molar-refractivity contribution in [3.8, 4) is 0 Å². The summed E-state index contributed by atoms with van der Waals surface area (Å²) in [4.78, 5) is 0. The summed E-state index contributed by atoms with van der Waals surface area (Å²) in [7, 11) is 0. The van der Waals surface area contributed by atoms with Crippen molar-refractivity contribution in [1.29, 1.82) is 0 Å². The van der Waals surface area contributed by atoms with Crippen LogP contribution in [0.1, 0.15) is 33.6 Å². The zero-order valence-corrected chi connectivity index (χ0v) is 8.45. The molecule has 3 fully saturated rings. The highest BCUT2D eigenvalue weighted by Crippen LogP contribution is 2.49. The maximum atomic E-state index is 9.84. The monoisotopic (exact) mass is 186 g/mol. The number of hydrogen-bond donors (Lipinski definition) is 2. The Labute approximate surface area is 78.7 Å². The van der Waals surface area contributed by atoms with Crippen molar-refractivity contribution in [2.24, 2.45) is 5.92 Å². The number of ether oxygens (including phenoxy) is 1. The summed E-state index contributed by atoms with van der Waals surface area (Å²) in [5.74, 6) is 0.0734. The quantitative estimate of drug-likeness (QED) is 0.585. The first-order chi connectivity index (χ1) is 5.87. The molecule has 0 aromatic rings. The third kappa shape index (κ3) is 1.14. The van der Waals surface area contributed by atoms with E-state index in [1.807, 2.05) is 20.8 Å². The largest absolute Gasteiger partial charge is 0.390 e. The topological polar surface area (TPSA) is 49.7 Å². The second kappa shape index (κ2) is 2.47. The van der Waals surface area contributed by atoms with Crippen LogP contribution in [0.5, 0.6) is 0 Å². The van der Waals surface area contributed by atoms with E-state index in [2.05, 4.69) is 0 Å². The van der Waals surface area contributed by atoms with Crippen LogP contribution < -0.4 is 0 Å². The van der Waals surface area contributed by atoms with Crippen LogP contribution in [0.2, 0.25) is 0 Å². The van der Waals surface area contributed by atoms with Crippen LogP contribution in [-0.2, 0) is 4.74 Å². The van der Waals surface area contributed by atoms with Gasteiger partial charge in [-0.2, -0.15) is 0 Å². The first kappa shape index (κ1) is 9.44. The first-order valence-electron chi connectivity index (χ1n) is 4.93. The van der Waals surface area contributed by atoms with Gasteiger partial charge in [-0.05, 0) is 33.6 Å². The minimum atomic E-state index is -0.723. The van der Waals surface area contributed by atoms with Gasteiger partial charge in [0.05, 0.1) is 17.3 Å². The smallest absolute Gasteiger partial charge is 0.109 e. The van der Waals surface area contributed by atoms with Crippen LogP contribution in [0.4, 0.5) is 0 Å². The zero-order chi connectivity index (χ0) is 9.85.